The van der Waals surface area contributed by atoms with Crippen molar-refractivity contribution in [2.75, 3.05) is 19.4 Å². The van der Waals surface area contributed by atoms with Gasteiger partial charge in [0.2, 0.25) is 5.95 Å². The molecule has 0 spiro atoms. The van der Waals surface area contributed by atoms with E-state index in [1.807, 2.05) is 20.2 Å². The SMILES string of the molecule is CN(C)Cc1ccnc(N[C@H]2CC[C@@H](NC(=O)c3ccc(Cl)o3)CC2)n1. The van der Waals surface area contributed by atoms with Gasteiger partial charge in [-0.3, -0.25) is 4.79 Å². The Morgan fingerprint density at radius 3 is 2.62 bits per heavy atom. The number of hydrogen-bond donors (Lipinski definition) is 2. The third-order valence-corrected chi connectivity index (χ3v) is 4.59. The average Bonchev–Trinajstić information content (AvgIpc) is 3.03. The van der Waals surface area contributed by atoms with E-state index >= 15 is 0 Å². The molecule has 2 aromatic rings. The number of halogens is 1. The molecule has 0 atom stereocenters. The lowest BCUT2D eigenvalue weighted by atomic mass is 9.91. The smallest absolute Gasteiger partial charge is 0.287 e. The van der Waals surface area contributed by atoms with Crippen molar-refractivity contribution in [1.29, 1.82) is 0 Å². The number of rotatable bonds is 6. The summed E-state index contributed by atoms with van der Waals surface area (Å²) < 4.78 is 5.15. The average molecular weight is 378 g/mol. The summed E-state index contributed by atoms with van der Waals surface area (Å²) >= 11 is 5.71. The minimum absolute atomic E-state index is 0.144. The van der Waals surface area contributed by atoms with Crippen LogP contribution in [-0.2, 0) is 6.54 Å². The monoisotopic (exact) mass is 377 g/mol. The molecule has 140 valence electrons. The number of carbonyl (C=O) groups excluding carboxylic acids is 1. The zero-order valence-corrected chi connectivity index (χ0v) is 15.8. The van der Waals surface area contributed by atoms with Gasteiger partial charge in [-0.15, -0.1) is 0 Å². The highest BCUT2D eigenvalue weighted by molar-refractivity contribution is 6.29. The molecule has 8 heteroatoms. The highest BCUT2D eigenvalue weighted by Crippen LogP contribution is 2.22. The van der Waals surface area contributed by atoms with Crippen LogP contribution < -0.4 is 10.6 Å². The Kier molecular flexibility index (Phi) is 6.11. The molecule has 0 aromatic carbocycles. The summed E-state index contributed by atoms with van der Waals surface area (Å²) in [5.74, 6) is 0.705. The Balaban J connectivity index is 1.47. The molecule has 0 bridgehead atoms. The van der Waals surface area contributed by atoms with Gasteiger partial charge < -0.3 is 20.0 Å². The maximum atomic E-state index is 12.1. The van der Waals surface area contributed by atoms with E-state index in [4.69, 9.17) is 16.0 Å². The molecule has 2 N–H and O–H groups in total. The van der Waals surface area contributed by atoms with Crippen molar-refractivity contribution in [2.45, 2.75) is 44.3 Å². The Morgan fingerprint density at radius 1 is 1.23 bits per heavy atom. The Bertz CT molecular complexity index is 741. The van der Waals surface area contributed by atoms with Crippen LogP contribution in [0.4, 0.5) is 5.95 Å². The number of furan rings is 1. The van der Waals surface area contributed by atoms with E-state index in [0.717, 1.165) is 37.9 Å². The van der Waals surface area contributed by atoms with Gasteiger partial charge in [0, 0.05) is 24.8 Å². The molecule has 1 aliphatic rings. The first kappa shape index (κ1) is 18.7. The Hall–Kier alpha value is -2.12. The third-order valence-electron chi connectivity index (χ3n) is 4.38. The highest BCUT2D eigenvalue weighted by Gasteiger charge is 2.24. The summed E-state index contributed by atoms with van der Waals surface area (Å²) in [7, 11) is 4.03. The van der Waals surface area contributed by atoms with Gasteiger partial charge in [0.25, 0.3) is 5.91 Å². The fourth-order valence-electron chi connectivity index (χ4n) is 3.14. The second-order valence-corrected chi connectivity index (χ2v) is 7.25. The minimum Gasteiger partial charge on any atom is -0.440 e. The molecular formula is C18H24ClN5O2. The van der Waals surface area contributed by atoms with Crippen molar-refractivity contribution in [3.63, 3.8) is 0 Å². The number of nitrogens with one attached hydrogen (secondary N) is 2. The first-order chi connectivity index (χ1) is 12.5. The second-order valence-electron chi connectivity index (χ2n) is 6.88. The lowest BCUT2D eigenvalue weighted by molar-refractivity contribution is 0.0898. The summed E-state index contributed by atoms with van der Waals surface area (Å²) in [6.45, 7) is 0.784. The van der Waals surface area contributed by atoms with Crippen molar-refractivity contribution in [2.24, 2.45) is 0 Å². The molecule has 2 heterocycles. The Labute approximate surface area is 158 Å². The molecule has 1 saturated carbocycles. The summed E-state index contributed by atoms with van der Waals surface area (Å²) in [4.78, 5) is 23.1. The van der Waals surface area contributed by atoms with Gasteiger partial charge in [-0.05, 0) is 69.6 Å². The minimum atomic E-state index is -0.215. The maximum absolute atomic E-state index is 12.1. The van der Waals surface area contributed by atoms with E-state index in [1.54, 1.807) is 18.3 Å². The predicted molar refractivity (Wildman–Crippen MR) is 100 cm³/mol. The van der Waals surface area contributed by atoms with Crippen LogP contribution in [0.2, 0.25) is 5.22 Å². The van der Waals surface area contributed by atoms with Crippen molar-refractivity contribution in [3.05, 3.63) is 41.1 Å². The van der Waals surface area contributed by atoms with Crippen LogP contribution in [0, 0.1) is 0 Å². The van der Waals surface area contributed by atoms with Crippen molar-refractivity contribution < 1.29 is 9.21 Å². The second kappa shape index (κ2) is 8.51. The first-order valence-corrected chi connectivity index (χ1v) is 9.17. The van der Waals surface area contributed by atoms with Gasteiger partial charge in [0.1, 0.15) is 0 Å². The van der Waals surface area contributed by atoms with E-state index in [0.29, 0.717) is 12.0 Å². The van der Waals surface area contributed by atoms with Gasteiger partial charge in [-0.25, -0.2) is 9.97 Å². The third kappa shape index (κ3) is 5.19. The number of carbonyl (C=O) groups is 1. The van der Waals surface area contributed by atoms with Crippen LogP contribution in [0.3, 0.4) is 0 Å². The number of amides is 1. The molecule has 1 fully saturated rings. The van der Waals surface area contributed by atoms with Gasteiger partial charge in [-0.1, -0.05) is 0 Å². The van der Waals surface area contributed by atoms with Crippen LogP contribution in [0.15, 0.2) is 28.8 Å². The topological polar surface area (TPSA) is 83.3 Å². The van der Waals surface area contributed by atoms with Gasteiger partial charge in [0.05, 0.1) is 5.69 Å². The van der Waals surface area contributed by atoms with Crippen LogP contribution in [0.25, 0.3) is 0 Å². The van der Waals surface area contributed by atoms with Gasteiger partial charge in [0.15, 0.2) is 11.0 Å². The summed E-state index contributed by atoms with van der Waals surface area (Å²) in [5, 5.41) is 6.64. The van der Waals surface area contributed by atoms with E-state index in [9.17, 15) is 4.79 Å². The van der Waals surface area contributed by atoms with Gasteiger partial charge >= 0.3 is 0 Å². The van der Waals surface area contributed by atoms with Gasteiger partial charge in [-0.2, -0.15) is 0 Å². The number of aromatic nitrogens is 2. The molecule has 3 rings (SSSR count). The molecule has 1 amide bonds. The van der Waals surface area contributed by atoms with Crippen LogP contribution in [0.5, 0.6) is 0 Å². The molecular weight excluding hydrogens is 354 g/mol. The number of anilines is 1. The summed E-state index contributed by atoms with van der Waals surface area (Å²) in [6.07, 6.45) is 5.48. The van der Waals surface area contributed by atoms with E-state index in [1.165, 1.54) is 0 Å². The molecule has 7 nitrogen and oxygen atoms in total. The standard InChI is InChI=1S/C18H24ClN5O2/c1-24(2)11-14-9-10-20-18(23-14)22-13-5-3-12(4-6-13)21-17(25)15-7-8-16(19)26-15/h7-10,12-13H,3-6,11H2,1-2H3,(H,21,25)(H,20,22,23)/t12-,13+. The summed E-state index contributed by atoms with van der Waals surface area (Å²) in [6, 6.07) is 5.55. The molecule has 2 aromatic heterocycles. The summed E-state index contributed by atoms with van der Waals surface area (Å²) in [5.41, 5.74) is 0.991. The molecule has 1 aliphatic carbocycles. The van der Waals surface area contributed by atoms with Crippen molar-refractivity contribution in [1.82, 2.24) is 20.2 Å². The van der Waals surface area contributed by atoms with Crippen LogP contribution in [0.1, 0.15) is 41.9 Å². The van der Waals surface area contributed by atoms with Crippen LogP contribution >= 0.6 is 11.6 Å². The molecule has 0 aliphatic heterocycles. The predicted octanol–water partition coefficient (Wildman–Crippen LogP) is 2.94. The normalized spacial score (nSPS) is 20.2. The zero-order valence-electron chi connectivity index (χ0n) is 15.0. The highest BCUT2D eigenvalue weighted by atomic mass is 35.5. The largest absolute Gasteiger partial charge is 0.440 e. The Morgan fingerprint density at radius 2 is 1.96 bits per heavy atom. The van der Waals surface area contributed by atoms with Crippen molar-refractivity contribution in [3.8, 4) is 0 Å². The van der Waals surface area contributed by atoms with Crippen molar-refractivity contribution >= 4 is 23.5 Å². The van der Waals surface area contributed by atoms with Crippen LogP contribution in [-0.4, -0.2) is 47.0 Å². The number of hydrogen-bond acceptors (Lipinski definition) is 6. The molecule has 26 heavy (non-hydrogen) atoms. The molecule has 0 saturated heterocycles. The fourth-order valence-corrected chi connectivity index (χ4v) is 3.28. The van der Waals surface area contributed by atoms with E-state index in [-0.39, 0.29) is 22.9 Å². The quantitative estimate of drug-likeness (QED) is 0.805. The van der Waals surface area contributed by atoms with E-state index in [2.05, 4.69) is 25.5 Å². The lowest BCUT2D eigenvalue weighted by Gasteiger charge is -2.29. The molecule has 0 radical (unpaired) electrons. The lowest BCUT2D eigenvalue weighted by Crippen LogP contribution is -2.40. The first-order valence-electron chi connectivity index (χ1n) is 8.79. The fraction of sp³-hybridized carbons (Fsp3) is 0.500. The zero-order chi connectivity index (χ0) is 18.5. The number of nitrogens with zero attached hydrogens (tertiary/aromatic N) is 3. The maximum Gasteiger partial charge on any atom is 0.287 e. The van der Waals surface area contributed by atoms with E-state index < -0.39 is 0 Å². The molecule has 0 unspecified atom stereocenters.